The predicted molar refractivity (Wildman–Crippen MR) is 61.7 cm³/mol. The summed E-state index contributed by atoms with van der Waals surface area (Å²) in [5.41, 5.74) is 1.15. The lowest BCUT2D eigenvalue weighted by atomic mass is 10.2. The number of hydrogen-bond donors (Lipinski definition) is 1. The van der Waals surface area contributed by atoms with Gasteiger partial charge in [0.25, 0.3) is 5.56 Å². The molecule has 0 spiro atoms. The van der Waals surface area contributed by atoms with Crippen LogP contribution in [0.15, 0.2) is 15.9 Å². The van der Waals surface area contributed by atoms with Crippen molar-refractivity contribution in [3.63, 3.8) is 0 Å². The number of allylic oxidation sites excluding steroid dienone is 2. The van der Waals surface area contributed by atoms with Crippen molar-refractivity contribution < 1.29 is 0 Å². The maximum absolute atomic E-state index is 11.7. The molecule has 0 saturated heterocycles. The van der Waals surface area contributed by atoms with Gasteiger partial charge in [-0.1, -0.05) is 30.7 Å². The van der Waals surface area contributed by atoms with Gasteiger partial charge in [0.05, 0.1) is 11.3 Å². The van der Waals surface area contributed by atoms with Crippen LogP contribution >= 0.6 is 11.6 Å². The molecular weight excluding hydrogens is 212 g/mol. The molecule has 2 rings (SSSR count). The number of aromatic nitrogens is 2. The first kappa shape index (κ1) is 10.2. The lowest BCUT2D eigenvalue weighted by Crippen LogP contribution is -2.15. The standard InChI is InChI=1S/C11H11ClN2O/c1-2-10-13-9-6-7(12)4-3-5-8(9)11(15)14-10/h3,5-6H,2,4H2,1H3,(H,13,14,15). The molecule has 78 valence electrons. The fourth-order valence-electron chi connectivity index (χ4n) is 1.48. The first-order valence-electron chi connectivity index (χ1n) is 4.86. The molecule has 15 heavy (non-hydrogen) atoms. The van der Waals surface area contributed by atoms with Gasteiger partial charge >= 0.3 is 0 Å². The van der Waals surface area contributed by atoms with Crippen molar-refractivity contribution in [1.29, 1.82) is 0 Å². The summed E-state index contributed by atoms with van der Waals surface area (Å²) in [4.78, 5) is 18.8. The molecule has 0 aromatic carbocycles. The average molecular weight is 223 g/mol. The summed E-state index contributed by atoms with van der Waals surface area (Å²) in [6.45, 7) is 1.95. The highest BCUT2D eigenvalue weighted by molar-refractivity contribution is 6.31. The van der Waals surface area contributed by atoms with E-state index in [0.717, 1.165) is 0 Å². The summed E-state index contributed by atoms with van der Waals surface area (Å²) in [5.74, 6) is 0.690. The van der Waals surface area contributed by atoms with Crippen LogP contribution in [-0.4, -0.2) is 9.97 Å². The Bertz CT molecular complexity index is 500. The van der Waals surface area contributed by atoms with Gasteiger partial charge in [-0.15, -0.1) is 0 Å². The van der Waals surface area contributed by atoms with Crippen LogP contribution in [0.1, 0.15) is 30.4 Å². The predicted octanol–water partition coefficient (Wildman–Crippen LogP) is 2.33. The smallest absolute Gasteiger partial charge is 0.258 e. The highest BCUT2D eigenvalue weighted by atomic mass is 35.5. The zero-order chi connectivity index (χ0) is 10.8. The molecule has 1 N–H and O–H groups in total. The third-order valence-corrected chi connectivity index (χ3v) is 2.52. The maximum atomic E-state index is 11.7. The summed E-state index contributed by atoms with van der Waals surface area (Å²) in [6, 6.07) is 0. The molecule has 0 radical (unpaired) electrons. The first-order valence-corrected chi connectivity index (χ1v) is 5.24. The molecule has 4 heteroatoms. The van der Waals surface area contributed by atoms with Gasteiger partial charge in [0, 0.05) is 17.9 Å². The topological polar surface area (TPSA) is 45.8 Å². The summed E-state index contributed by atoms with van der Waals surface area (Å²) in [7, 11) is 0. The molecule has 0 fully saturated rings. The minimum Gasteiger partial charge on any atom is -0.310 e. The van der Waals surface area contributed by atoms with Gasteiger partial charge < -0.3 is 4.98 Å². The normalized spacial score (nSPS) is 14.4. The summed E-state index contributed by atoms with van der Waals surface area (Å²) >= 11 is 5.95. The molecule has 0 saturated carbocycles. The minimum atomic E-state index is -0.101. The van der Waals surface area contributed by atoms with E-state index in [-0.39, 0.29) is 5.56 Å². The number of aryl methyl sites for hydroxylation is 1. The molecule has 1 aliphatic carbocycles. The van der Waals surface area contributed by atoms with E-state index < -0.39 is 0 Å². The number of H-pyrrole nitrogens is 1. The van der Waals surface area contributed by atoms with Crippen LogP contribution in [0.25, 0.3) is 12.2 Å². The molecule has 3 nitrogen and oxygen atoms in total. The Morgan fingerprint density at radius 3 is 3.13 bits per heavy atom. The van der Waals surface area contributed by atoms with Crippen molar-refractivity contribution in [2.75, 3.05) is 0 Å². The fraction of sp³-hybridized carbons (Fsp3) is 0.273. The van der Waals surface area contributed by atoms with Gasteiger partial charge in [0.15, 0.2) is 0 Å². The molecular formula is C11H11ClN2O. The van der Waals surface area contributed by atoms with Gasteiger partial charge in [-0.3, -0.25) is 4.79 Å². The van der Waals surface area contributed by atoms with Crippen molar-refractivity contribution in [2.24, 2.45) is 0 Å². The van der Waals surface area contributed by atoms with Crippen molar-refractivity contribution in [2.45, 2.75) is 19.8 Å². The van der Waals surface area contributed by atoms with E-state index in [9.17, 15) is 4.79 Å². The van der Waals surface area contributed by atoms with Gasteiger partial charge in [0.2, 0.25) is 0 Å². The molecule has 1 aromatic rings. The van der Waals surface area contributed by atoms with Crippen LogP contribution in [-0.2, 0) is 6.42 Å². The Kier molecular flexibility index (Phi) is 2.73. The van der Waals surface area contributed by atoms with Gasteiger partial charge in [-0.05, 0) is 6.08 Å². The average Bonchev–Trinajstić information content (AvgIpc) is 2.39. The van der Waals surface area contributed by atoms with Crippen molar-refractivity contribution in [3.8, 4) is 0 Å². The van der Waals surface area contributed by atoms with Crippen LogP contribution < -0.4 is 5.56 Å². The highest BCUT2D eigenvalue weighted by Crippen LogP contribution is 2.19. The number of nitrogens with one attached hydrogen (secondary N) is 1. The zero-order valence-corrected chi connectivity index (χ0v) is 9.14. The largest absolute Gasteiger partial charge is 0.310 e. The van der Waals surface area contributed by atoms with Crippen molar-refractivity contribution in [3.05, 3.63) is 38.5 Å². The lowest BCUT2D eigenvalue weighted by molar-refractivity contribution is 0.911. The number of nitrogens with zero attached hydrogens (tertiary/aromatic N) is 1. The number of aromatic amines is 1. The second-order valence-corrected chi connectivity index (χ2v) is 3.85. The lowest BCUT2D eigenvalue weighted by Gasteiger charge is -2.01. The molecule has 1 aromatic heterocycles. The molecule has 1 heterocycles. The SMILES string of the molecule is CCc1nc2c(c(=O)[nH]1)C=CCC(Cl)=C2. The quantitative estimate of drug-likeness (QED) is 0.793. The van der Waals surface area contributed by atoms with E-state index in [1.807, 2.05) is 13.0 Å². The summed E-state index contributed by atoms with van der Waals surface area (Å²) in [6.07, 6.45) is 6.75. The number of fused-ring (bicyclic) bond motifs is 1. The second kappa shape index (κ2) is 4.03. The van der Waals surface area contributed by atoms with Crippen LogP contribution in [0.5, 0.6) is 0 Å². The van der Waals surface area contributed by atoms with Gasteiger partial charge in [0.1, 0.15) is 5.82 Å². The van der Waals surface area contributed by atoms with E-state index in [1.54, 1.807) is 12.2 Å². The minimum absolute atomic E-state index is 0.101. The number of halogens is 1. The van der Waals surface area contributed by atoms with Crippen LogP contribution in [0.4, 0.5) is 0 Å². The number of rotatable bonds is 1. The Morgan fingerprint density at radius 1 is 1.60 bits per heavy atom. The van der Waals surface area contributed by atoms with Crippen molar-refractivity contribution in [1.82, 2.24) is 9.97 Å². The number of hydrogen-bond acceptors (Lipinski definition) is 2. The van der Waals surface area contributed by atoms with Crippen LogP contribution in [0, 0.1) is 0 Å². The Labute approximate surface area is 92.5 Å². The van der Waals surface area contributed by atoms with E-state index in [2.05, 4.69) is 9.97 Å². The Hall–Kier alpha value is -1.35. The summed E-state index contributed by atoms with van der Waals surface area (Å²) < 4.78 is 0. The van der Waals surface area contributed by atoms with Crippen molar-refractivity contribution >= 4 is 23.8 Å². The molecule has 0 unspecified atom stereocenters. The fourth-order valence-corrected chi connectivity index (χ4v) is 1.68. The van der Waals surface area contributed by atoms with E-state index in [4.69, 9.17) is 11.6 Å². The molecule has 0 aliphatic heterocycles. The van der Waals surface area contributed by atoms with E-state index >= 15 is 0 Å². The monoisotopic (exact) mass is 222 g/mol. The van der Waals surface area contributed by atoms with E-state index in [0.29, 0.717) is 35.0 Å². The van der Waals surface area contributed by atoms with Gasteiger partial charge in [-0.2, -0.15) is 0 Å². The third-order valence-electron chi connectivity index (χ3n) is 2.26. The molecule has 0 amide bonds. The van der Waals surface area contributed by atoms with Crippen LogP contribution in [0.2, 0.25) is 0 Å². The second-order valence-electron chi connectivity index (χ2n) is 3.36. The molecule has 0 atom stereocenters. The van der Waals surface area contributed by atoms with E-state index in [1.165, 1.54) is 0 Å². The zero-order valence-electron chi connectivity index (χ0n) is 8.38. The molecule has 0 bridgehead atoms. The summed E-state index contributed by atoms with van der Waals surface area (Å²) in [5, 5.41) is 0.699. The highest BCUT2D eigenvalue weighted by Gasteiger charge is 2.09. The Morgan fingerprint density at radius 2 is 2.40 bits per heavy atom. The Balaban J connectivity index is 2.68. The maximum Gasteiger partial charge on any atom is 0.258 e. The third kappa shape index (κ3) is 2.02. The molecule has 1 aliphatic rings. The van der Waals surface area contributed by atoms with Crippen LogP contribution in [0.3, 0.4) is 0 Å². The first-order chi connectivity index (χ1) is 7.20. The van der Waals surface area contributed by atoms with Gasteiger partial charge in [-0.25, -0.2) is 4.98 Å².